The maximum Gasteiger partial charge on any atom is 0.250 e. The third-order valence-electron chi connectivity index (χ3n) is 9.89. The highest BCUT2D eigenvalue weighted by molar-refractivity contribution is 6.88. The van der Waals surface area contributed by atoms with Crippen molar-refractivity contribution in [3.05, 3.63) is 41.0 Å². The minimum absolute atomic E-state index is 0.151. The summed E-state index contributed by atoms with van der Waals surface area (Å²) in [6.45, 7) is 32.2. The Balaban J connectivity index is 2.08. The first-order chi connectivity index (χ1) is 18.1. The maximum absolute atomic E-state index is 7.37. The molecule has 0 saturated carbocycles. The topological polar surface area (TPSA) is 31.6 Å². The highest BCUT2D eigenvalue weighted by Crippen LogP contribution is 2.50. The van der Waals surface area contributed by atoms with E-state index in [-0.39, 0.29) is 11.1 Å². The SMILES string of the molecule is C=Cc1c([Si](C)(C)C)oc2c(O[Si](CC)(CC)CC)c3c4c(ccc3c(C)c12)C(O[Si](C)(C)C(C)(C)C)CC4. The van der Waals surface area contributed by atoms with Gasteiger partial charge in [-0.2, -0.15) is 0 Å². The van der Waals surface area contributed by atoms with Crippen LogP contribution in [-0.2, 0) is 10.8 Å². The van der Waals surface area contributed by atoms with Gasteiger partial charge in [-0.15, -0.1) is 0 Å². The minimum Gasteiger partial charge on any atom is -0.541 e. The summed E-state index contributed by atoms with van der Waals surface area (Å²) in [6, 6.07) is 7.98. The van der Waals surface area contributed by atoms with Gasteiger partial charge in [0.15, 0.2) is 19.6 Å². The second-order valence-corrected chi connectivity index (χ2v) is 28.7. The number of furan rings is 1. The van der Waals surface area contributed by atoms with Crippen molar-refractivity contribution in [3.63, 3.8) is 0 Å². The van der Waals surface area contributed by atoms with Gasteiger partial charge in [-0.05, 0) is 78.1 Å². The van der Waals surface area contributed by atoms with E-state index in [2.05, 4.69) is 99.9 Å². The Labute approximate surface area is 240 Å². The molecule has 1 atom stereocenters. The molecule has 0 N–H and O–H groups in total. The zero-order chi connectivity index (χ0) is 29.1. The monoisotopic (exact) mass is 580 g/mol. The number of hydrogen-bond acceptors (Lipinski definition) is 3. The van der Waals surface area contributed by atoms with Crippen LogP contribution in [0.5, 0.6) is 5.75 Å². The van der Waals surface area contributed by atoms with Gasteiger partial charge in [0.05, 0.1) is 11.5 Å². The van der Waals surface area contributed by atoms with E-state index in [4.69, 9.17) is 13.3 Å². The van der Waals surface area contributed by atoms with Crippen molar-refractivity contribution in [1.82, 2.24) is 0 Å². The molecule has 1 aromatic heterocycles. The van der Waals surface area contributed by atoms with Crippen molar-refractivity contribution >= 4 is 57.9 Å². The van der Waals surface area contributed by atoms with E-state index in [9.17, 15) is 0 Å². The van der Waals surface area contributed by atoms with Crippen molar-refractivity contribution in [2.45, 2.75) is 123 Å². The molecule has 3 nitrogen and oxygen atoms in total. The fourth-order valence-corrected chi connectivity index (χ4v) is 11.5. The molecule has 1 heterocycles. The summed E-state index contributed by atoms with van der Waals surface area (Å²) < 4.78 is 21.3. The van der Waals surface area contributed by atoms with Gasteiger partial charge in [0.1, 0.15) is 8.07 Å². The first-order valence-electron chi connectivity index (χ1n) is 15.1. The van der Waals surface area contributed by atoms with Crippen LogP contribution in [0.1, 0.15) is 76.3 Å². The van der Waals surface area contributed by atoms with Crippen LogP contribution >= 0.6 is 0 Å². The fraction of sp³-hybridized carbons (Fsp3) is 0.576. The molecule has 0 fully saturated rings. The van der Waals surface area contributed by atoms with Crippen LogP contribution in [0.3, 0.4) is 0 Å². The van der Waals surface area contributed by atoms with Crippen molar-refractivity contribution in [2.75, 3.05) is 0 Å². The van der Waals surface area contributed by atoms with Crippen LogP contribution in [0.2, 0.25) is 55.9 Å². The summed E-state index contributed by atoms with van der Waals surface area (Å²) >= 11 is 0. The van der Waals surface area contributed by atoms with E-state index in [1.807, 2.05) is 6.08 Å². The van der Waals surface area contributed by atoms with Gasteiger partial charge in [-0.3, -0.25) is 0 Å². The van der Waals surface area contributed by atoms with E-state index >= 15 is 0 Å². The number of benzene rings is 2. The zero-order valence-corrected chi connectivity index (χ0v) is 29.8. The summed E-state index contributed by atoms with van der Waals surface area (Å²) in [5.41, 5.74) is 6.16. The summed E-state index contributed by atoms with van der Waals surface area (Å²) in [4.78, 5) is 0. The predicted octanol–water partition coefficient (Wildman–Crippen LogP) is 10.5. The number of fused-ring (bicyclic) bond motifs is 4. The van der Waals surface area contributed by atoms with Crippen molar-refractivity contribution in [3.8, 4) is 5.75 Å². The van der Waals surface area contributed by atoms with E-state index < -0.39 is 24.7 Å². The van der Waals surface area contributed by atoms with E-state index in [1.165, 1.54) is 38.4 Å². The lowest BCUT2D eigenvalue weighted by molar-refractivity contribution is 0.185. The quantitative estimate of drug-likeness (QED) is 0.236. The molecule has 6 heteroatoms. The smallest absolute Gasteiger partial charge is 0.250 e. The van der Waals surface area contributed by atoms with Gasteiger partial charge in [-0.1, -0.05) is 86.0 Å². The lowest BCUT2D eigenvalue weighted by atomic mass is 9.93. The zero-order valence-electron chi connectivity index (χ0n) is 26.8. The average molecular weight is 581 g/mol. The van der Waals surface area contributed by atoms with Crippen LogP contribution in [0.15, 0.2) is 23.1 Å². The first-order valence-corrected chi connectivity index (χ1v) is 24.0. The molecule has 214 valence electrons. The van der Waals surface area contributed by atoms with E-state index in [0.717, 1.165) is 47.7 Å². The molecule has 1 aliphatic rings. The van der Waals surface area contributed by atoms with Gasteiger partial charge < -0.3 is 13.3 Å². The fourth-order valence-electron chi connectivity index (χ4n) is 6.15. The number of rotatable bonds is 9. The summed E-state index contributed by atoms with van der Waals surface area (Å²) in [5.74, 6) is 1.00. The summed E-state index contributed by atoms with van der Waals surface area (Å²) in [7, 11) is -5.66. The molecule has 2 aromatic carbocycles. The molecule has 0 amide bonds. The minimum atomic E-state index is -1.99. The van der Waals surface area contributed by atoms with Gasteiger partial charge in [0.2, 0.25) is 0 Å². The third kappa shape index (κ3) is 5.04. The molecule has 1 aliphatic carbocycles. The van der Waals surface area contributed by atoms with E-state index in [0.29, 0.717) is 0 Å². The Morgan fingerprint density at radius 3 is 2.13 bits per heavy atom. The summed E-state index contributed by atoms with van der Waals surface area (Å²) in [6.07, 6.45) is 4.22. The molecule has 3 aromatic rings. The van der Waals surface area contributed by atoms with Gasteiger partial charge in [0, 0.05) is 16.3 Å². The molecule has 4 rings (SSSR count). The molecule has 0 radical (unpaired) electrons. The highest BCUT2D eigenvalue weighted by atomic mass is 28.4. The highest BCUT2D eigenvalue weighted by Gasteiger charge is 2.42. The standard InChI is InChI=1S/C33H52O3Si3/c1-14-23-28-22(5)24-18-19-25-26(20-21-27(25)35-38(12,13)33(6,7)8)29(24)31(36-39(15-2,16-3)17-4)30(28)34-32(23)37(9,10)11/h14,18-19,27H,1,15-17,20-21H2,2-13H3. The lowest BCUT2D eigenvalue weighted by Crippen LogP contribution is -2.41. The number of aryl methyl sites for hydroxylation is 2. The lowest BCUT2D eigenvalue weighted by Gasteiger charge is -2.38. The molecule has 39 heavy (non-hydrogen) atoms. The van der Waals surface area contributed by atoms with Crippen LogP contribution in [0, 0.1) is 6.92 Å². The summed E-state index contributed by atoms with van der Waals surface area (Å²) in [5, 5.41) is 5.08. The average Bonchev–Trinajstić information content (AvgIpc) is 3.45. The van der Waals surface area contributed by atoms with Crippen LogP contribution in [-0.4, -0.2) is 24.7 Å². The Bertz CT molecular complexity index is 1390. The normalized spacial score (nSPS) is 16.8. The molecule has 0 spiro atoms. The Morgan fingerprint density at radius 2 is 1.62 bits per heavy atom. The predicted molar refractivity (Wildman–Crippen MR) is 179 cm³/mol. The molecule has 0 aliphatic heterocycles. The Hall–Kier alpha value is -1.61. The van der Waals surface area contributed by atoms with Crippen molar-refractivity contribution < 1.29 is 13.3 Å². The molecule has 1 unspecified atom stereocenters. The van der Waals surface area contributed by atoms with Gasteiger partial charge in [-0.25, -0.2) is 0 Å². The van der Waals surface area contributed by atoms with Crippen LogP contribution in [0.4, 0.5) is 0 Å². The number of hydrogen-bond donors (Lipinski definition) is 0. The van der Waals surface area contributed by atoms with Crippen LogP contribution in [0.25, 0.3) is 27.8 Å². The molecular formula is C33H52O3Si3. The van der Waals surface area contributed by atoms with Crippen LogP contribution < -0.4 is 9.81 Å². The first kappa shape index (κ1) is 30.4. The molecular weight excluding hydrogens is 529 g/mol. The van der Waals surface area contributed by atoms with Crippen molar-refractivity contribution in [2.24, 2.45) is 0 Å². The largest absolute Gasteiger partial charge is 0.541 e. The van der Waals surface area contributed by atoms with E-state index in [1.54, 1.807) is 0 Å². The molecule has 0 bridgehead atoms. The molecule has 0 saturated heterocycles. The second kappa shape index (κ2) is 10.3. The van der Waals surface area contributed by atoms with Gasteiger partial charge >= 0.3 is 0 Å². The Morgan fingerprint density at radius 1 is 1.00 bits per heavy atom. The second-order valence-electron chi connectivity index (χ2n) is 14.3. The third-order valence-corrected chi connectivity index (χ3v) is 20.6. The van der Waals surface area contributed by atoms with Crippen molar-refractivity contribution in [1.29, 1.82) is 0 Å². The maximum atomic E-state index is 7.37. The Kier molecular flexibility index (Phi) is 8.05. The van der Waals surface area contributed by atoms with Gasteiger partial charge in [0.25, 0.3) is 8.32 Å².